The number of carboxylic acids is 1. The fourth-order valence-electron chi connectivity index (χ4n) is 1.68. The number of halogens is 2. The van der Waals surface area contributed by atoms with Gasteiger partial charge in [-0.05, 0) is 18.4 Å². The molecule has 20 heavy (non-hydrogen) atoms. The molecule has 1 atom stereocenters. The molecule has 6 nitrogen and oxygen atoms in total. The first-order valence-electron chi connectivity index (χ1n) is 5.85. The molecule has 8 heteroatoms. The molecule has 0 aliphatic heterocycles. The fourth-order valence-corrected chi connectivity index (χ4v) is 1.85. The van der Waals surface area contributed by atoms with Gasteiger partial charge in [0.15, 0.2) is 0 Å². The summed E-state index contributed by atoms with van der Waals surface area (Å²) in [5.74, 6) is -2.01. The van der Waals surface area contributed by atoms with E-state index in [1.165, 1.54) is 0 Å². The molecule has 0 spiro atoms. The normalized spacial score (nSPS) is 12.2. The van der Waals surface area contributed by atoms with E-state index in [2.05, 4.69) is 5.32 Å². The van der Waals surface area contributed by atoms with E-state index < -0.39 is 28.4 Å². The number of nitrogens with zero attached hydrogens (tertiary/aromatic N) is 1. The van der Waals surface area contributed by atoms with Crippen molar-refractivity contribution in [3.8, 4) is 0 Å². The highest BCUT2D eigenvalue weighted by molar-refractivity contribution is 6.31. The summed E-state index contributed by atoms with van der Waals surface area (Å²) in [6, 6.07) is 0.666. The lowest BCUT2D eigenvalue weighted by molar-refractivity contribution is -0.384. The van der Waals surface area contributed by atoms with Crippen molar-refractivity contribution < 1.29 is 19.2 Å². The number of nitrogens with one attached hydrogen (secondary N) is 1. The van der Waals surface area contributed by atoms with E-state index in [1.807, 2.05) is 13.8 Å². The molecule has 0 heterocycles. The van der Waals surface area contributed by atoms with Gasteiger partial charge in [0.25, 0.3) is 5.69 Å². The molecular weight excluding hydrogens is 291 g/mol. The average molecular weight is 305 g/mol. The lowest BCUT2D eigenvalue weighted by atomic mass is 10.0. The van der Waals surface area contributed by atoms with Crippen LogP contribution in [0.1, 0.15) is 20.3 Å². The summed E-state index contributed by atoms with van der Waals surface area (Å²) < 4.78 is 13.2. The van der Waals surface area contributed by atoms with Crippen LogP contribution >= 0.6 is 11.6 Å². The maximum atomic E-state index is 13.2. The molecule has 0 fully saturated rings. The number of rotatable bonds is 6. The van der Waals surface area contributed by atoms with Gasteiger partial charge >= 0.3 is 5.97 Å². The van der Waals surface area contributed by atoms with E-state index in [0.717, 1.165) is 6.07 Å². The van der Waals surface area contributed by atoms with Crippen molar-refractivity contribution in [2.24, 2.45) is 5.92 Å². The third-order valence-corrected chi connectivity index (χ3v) is 2.86. The van der Waals surface area contributed by atoms with E-state index in [0.29, 0.717) is 6.07 Å². The number of anilines is 1. The number of carboxylic acid groups (broad SMARTS) is 1. The van der Waals surface area contributed by atoms with Crippen LogP contribution in [0.2, 0.25) is 5.02 Å². The number of hydrogen-bond donors (Lipinski definition) is 2. The minimum Gasteiger partial charge on any atom is -0.480 e. The minimum absolute atomic E-state index is 0.0681. The predicted octanol–water partition coefficient (Wildman–Crippen LogP) is 3.30. The Morgan fingerprint density at radius 1 is 1.55 bits per heavy atom. The van der Waals surface area contributed by atoms with Gasteiger partial charge in [0.2, 0.25) is 0 Å². The van der Waals surface area contributed by atoms with E-state index in [1.54, 1.807) is 0 Å². The van der Waals surface area contributed by atoms with Crippen molar-refractivity contribution in [3.05, 3.63) is 33.1 Å². The predicted molar refractivity (Wildman–Crippen MR) is 72.6 cm³/mol. The van der Waals surface area contributed by atoms with E-state index >= 15 is 0 Å². The summed E-state index contributed by atoms with van der Waals surface area (Å²) in [5.41, 5.74) is -0.670. The Labute approximate surface area is 119 Å². The molecule has 0 aliphatic carbocycles. The molecule has 1 unspecified atom stereocenters. The minimum atomic E-state index is -1.14. The topological polar surface area (TPSA) is 92.5 Å². The molecule has 0 radical (unpaired) electrons. The van der Waals surface area contributed by atoms with E-state index in [4.69, 9.17) is 16.7 Å². The smallest absolute Gasteiger partial charge is 0.326 e. The Morgan fingerprint density at radius 3 is 2.60 bits per heavy atom. The number of nitro groups is 1. The fraction of sp³-hybridized carbons (Fsp3) is 0.417. The molecule has 1 aromatic rings. The van der Waals surface area contributed by atoms with Gasteiger partial charge in [0, 0.05) is 0 Å². The molecule has 110 valence electrons. The van der Waals surface area contributed by atoms with Crippen LogP contribution in [0.25, 0.3) is 0 Å². The Morgan fingerprint density at radius 2 is 2.15 bits per heavy atom. The quantitative estimate of drug-likeness (QED) is 0.621. The zero-order valence-electron chi connectivity index (χ0n) is 10.9. The third-order valence-electron chi connectivity index (χ3n) is 2.57. The summed E-state index contributed by atoms with van der Waals surface area (Å²) in [4.78, 5) is 21.2. The molecule has 0 saturated carbocycles. The highest BCUT2D eigenvalue weighted by atomic mass is 35.5. The van der Waals surface area contributed by atoms with Crippen LogP contribution in [0.15, 0.2) is 12.1 Å². The second-order valence-corrected chi connectivity index (χ2v) is 5.11. The van der Waals surface area contributed by atoms with E-state index in [-0.39, 0.29) is 23.0 Å². The second-order valence-electron chi connectivity index (χ2n) is 4.71. The first-order valence-corrected chi connectivity index (χ1v) is 6.23. The highest BCUT2D eigenvalue weighted by Crippen LogP contribution is 2.31. The van der Waals surface area contributed by atoms with Crippen LogP contribution in [-0.4, -0.2) is 22.0 Å². The van der Waals surface area contributed by atoms with Crippen molar-refractivity contribution in [2.75, 3.05) is 5.32 Å². The van der Waals surface area contributed by atoms with Gasteiger partial charge < -0.3 is 10.4 Å². The van der Waals surface area contributed by atoms with Crippen molar-refractivity contribution >= 4 is 28.9 Å². The molecule has 1 rings (SSSR count). The van der Waals surface area contributed by atoms with Gasteiger partial charge in [-0.2, -0.15) is 0 Å². The molecule has 2 N–H and O–H groups in total. The van der Waals surface area contributed by atoms with Gasteiger partial charge in [-0.15, -0.1) is 0 Å². The van der Waals surface area contributed by atoms with Crippen LogP contribution in [0, 0.1) is 21.8 Å². The number of hydrogen-bond acceptors (Lipinski definition) is 4. The van der Waals surface area contributed by atoms with Crippen molar-refractivity contribution in [2.45, 2.75) is 26.3 Å². The van der Waals surface area contributed by atoms with Gasteiger partial charge in [0.05, 0.1) is 16.0 Å². The zero-order chi connectivity index (χ0) is 15.4. The monoisotopic (exact) mass is 304 g/mol. The van der Waals surface area contributed by atoms with Crippen molar-refractivity contribution in [1.82, 2.24) is 0 Å². The number of nitro benzene ring substituents is 1. The standard InChI is InChI=1S/C12H14ClFN2O4/c1-6(2)3-10(12(17)18)15-9-4-7(13)8(14)5-11(9)16(19)20/h4-6,10,15H,3H2,1-2H3,(H,17,18). The largest absolute Gasteiger partial charge is 0.480 e. The van der Waals surface area contributed by atoms with Crippen LogP contribution in [-0.2, 0) is 4.79 Å². The number of aliphatic carboxylic acids is 1. The lowest BCUT2D eigenvalue weighted by Crippen LogP contribution is -2.31. The maximum Gasteiger partial charge on any atom is 0.326 e. The van der Waals surface area contributed by atoms with E-state index in [9.17, 15) is 19.3 Å². The third kappa shape index (κ3) is 4.06. The van der Waals surface area contributed by atoms with Gasteiger partial charge in [-0.25, -0.2) is 9.18 Å². The maximum absolute atomic E-state index is 13.2. The van der Waals surface area contributed by atoms with Crippen molar-refractivity contribution in [3.63, 3.8) is 0 Å². The summed E-state index contributed by atoms with van der Waals surface area (Å²) in [5, 5.41) is 22.2. The molecule has 0 amide bonds. The zero-order valence-corrected chi connectivity index (χ0v) is 11.6. The number of benzene rings is 1. The molecule has 1 aromatic carbocycles. The Balaban J connectivity index is 3.14. The highest BCUT2D eigenvalue weighted by Gasteiger charge is 2.24. The SMILES string of the molecule is CC(C)CC(Nc1cc(Cl)c(F)cc1[N+](=O)[O-])C(=O)O. The molecule has 0 saturated heterocycles. The van der Waals surface area contributed by atoms with Gasteiger partial charge in [-0.1, -0.05) is 25.4 Å². The first-order chi connectivity index (χ1) is 9.22. The Hall–Kier alpha value is -1.89. The Bertz CT molecular complexity index is 536. The average Bonchev–Trinajstić information content (AvgIpc) is 2.31. The number of carbonyl (C=O) groups is 1. The molecule has 0 aromatic heterocycles. The summed E-state index contributed by atoms with van der Waals surface area (Å²) >= 11 is 5.57. The summed E-state index contributed by atoms with van der Waals surface area (Å²) in [6.45, 7) is 3.65. The molecular formula is C12H14ClFN2O4. The second kappa shape index (κ2) is 6.51. The first kappa shape index (κ1) is 16.2. The van der Waals surface area contributed by atoms with Crippen LogP contribution in [0.5, 0.6) is 0 Å². The van der Waals surface area contributed by atoms with Crippen LogP contribution in [0.4, 0.5) is 15.8 Å². The lowest BCUT2D eigenvalue weighted by Gasteiger charge is -2.17. The summed E-state index contributed by atoms with van der Waals surface area (Å²) in [7, 11) is 0. The molecule has 0 bridgehead atoms. The molecule has 0 aliphatic rings. The van der Waals surface area contributed by atoms with Gasteiger partial charge in [-0.3, -0.25) is 10.1 Å². The van der Waals surface area contributed by atoms with Gasteiger partial charge in [0.1, 0.15) is 17.5 Å². The van der Waals surface area contributed by atoms with Crippen LogP contribution in [0.3, 0.4) is 0 Å². The summed E-state index contributed by atoms with van der Waals surface area (Å²) in [6.07, 6.45) is 0.265. The Kier molecular flexibility index (Phi) is 5.26. The van der Waals surface area contributed by atoms with Crippen molar-refractivity contribution in [1.29, 1.82) is 0 Å². The van der Waals surface area contributed by atoms with Crippen LogP contribution < -0.4 is 5.32 Å².